The Kier molecular flexibility index (Phi) is 1.31. The molecule has 2 heterocycles. The number of nitrogen functional groups attached to an aromatic ring is 1. The highest BCUT2D eigenvalue weighted by molar-refractivity contribution is 7.99. The summed E-state index contributed by atoms with van der Waals surface area (Å²) in [5.41, 5.74) is 6.85. The molecule has 1 aliphatic rings. The maximum atomic E-state index is 5.51. The third kappa shape index (κ3) is 0.865. The number of nitrogens with two attached hydrogens (primary N) is 1. The van der Waals surface area contributed by atoms with Gasteiger partial charge in [0.25, 0.3) is 0 Å². The van der Waals surface area contributed by atoms with Gasteiger partial charge in [0.15, 0.2) is 0 Å². The molecular weight excluding hydrogens is 144 g/mol. The number of aromatic nitrogens is 1. The molecule has 2 rings (SSSR count). The van der Waals surface area contributed by atoms with Gasteiger partial charge in [-0.3, -0.25) is 0 Å². The summed E-state index contributed by atoms with van der Waals surface area (Å²) in [4.78, 5) is 4.19. The smallest absolute Gasteiger partial charge is 0.124 e. The van der Waals surface area contributed by atoms with Gasteiger partial charge in [-0.05, 0) is 18.1 Å². The first-order valence-electron chi connectivity index (χ1n) is 3.24. The number of thioether (sulfide) groups is 1. The van der Waals surface area contributed by atoms with Gasteiger partial charge in [-0.15, -0.1) is 11.8 Å². The zero-order valence-electron chi connectivity index (χ0n) is 5.50. The molecule has 0 aliphatic carbocycles. The molecule has 0 saturated carbocycles. The van der Waals surface area contributed by atoms with Crippen molar-refractivity contribution in [1.29, 1.82) is 0 Å². The molecule has 0 bridgehead atoms. The maximum Gasteiger partial charge on any atom is 0.124 e. The molecule has 0 fully saturated rings. The zero-order valence-corrected chi connectivity index (χ0v) is 6.32. The van der Waals surface area contributed by atoms with Crippen molar-refractivity contribution in [2.75, 3.05) is 11.5 Å². The van der Waals surface area contributed by atoms with Crippen LogP contribution in [0.3, 0.4) is 0 Å². The average molecular weight is 152 g/mol. The Morgan fingerprint density at radius 1 is 1.50 bits per heavy atom. The van der Waals surface area contributed by atoms with E-state index in [0.29, 0.717) is 5.82 Å². The van der Waals surface area contributed by atoms with Crippen LogP contribution in [-0.4, -0.2) is 10.7 Å². The molecule has 52 valence electrons. The van der Waals surface area contributed by atoms with E-state index in [1.807, 2.05) is 6.07 Å². The SMILES string of the molecule is Nc1ccc2c(n1)SCC2. The van der Waals surface area contributed by atoms with E-state index in [4.69, 9.17) is 5.73 Å². The Balaban J connectivity index is 2.52. The number of nitrogens with zero attached hydrogens (tertiary/aromatic N) is 1. The van der Waals surface area contributed by atoms with Crippen LogP contribution in [-0.2, 0) is 6.42 Å². The Morgan fingerprint density at radius 3 is 3.30 bits per heavy atom. The number of aryl methyl sites for hydroxylation is 1. The summed E-state index contributed by atoms with van der Waals surface area (Å²) in [6.45, 7) is 0. The van der Waals surface area contributed by atoms with Crippen LogP contribution in [0, 0.1) is 0 Å². The van der Waals surface area contributed by atoms with Gasteiger partial charge in [0.1, 0.15) is 10.8 Å². The van der Waals surface area contributed by atoms with E-state index in [9.17, 15) is 0 Å². The third-order valence-electron chi connectivity index (χ3n) is 1.57. The van der Waals surface area contributed by atoms with Crippen molar-refractivity contribution in [3.8, 4) is 0 Å². The van der Waals surface area contributed by atoms with Gasteiger partial charge in [0.05, 0.1) is 0 Å². The van der Waals surface area contributed by atoms with Crippen molar-refractivity contribution in [1.82, 2.24) is 4.98 Å². The molecule has 0 aromatic carbocycles. The highest BCUT2D eigenvalue weighted by atomic mass is 32.2. The lowest BCUT2D eigenvalue weighted by Gasteiger charge is -1.96. The standard InChI is InChI=1S/C7H8N2S/c8-6-2-1-5-3-4-10-7(5)9-6/h1-2H,3-4H2,(H2,8,9). The summed E-state index contributed by atoms with van der Waals surface area (Å²) in [5.74, 6) is 1.79. The molecule has 1 aliphatic heterocycles. The Labute approximate surface area is 63.8 Å². The minimum absolute atomic E-state index is 0.633. The van der Waals surface area contributed by atoms with Gasteiger partial charge in [-0.25, -0.2) is 4.98 Å². The van der Waals surface area contributed by atoms with Crippen LogP contribution >= 0.6 is 11.8 Å². The summed E-state index contributed by atoms with van der Waals surface area (Å²) in [5, 5.41) is 1.12. The minimum Gasteiger partial charge on any atom is -0.384 e. The first-order valence-corrected chi connectivity index (χ1v) is 4.23. The van der Waals surface area contributed by atoms with E-state index in [-0.39, 0.29) is 0 Å². The molecule has 0 unspecified atom stereocenters. The summed E-state index contributed by atoms with van der Waals surface area (Å²) < 4.78 is 0. The number of hydrogen-bond acceptors (Lipinski definition) is 3. The summed E-state index contributed by atoms with van der Waals surface area (Å²) in [6, 6.07) is 3.93. The lowest BCUT2D eigenvalue weighted by Crippen LogP contribution is -1.91. The number of hydrogen-bond donors (Lipinski definition) is 1. The summed E-state index contributed by atoms with van der Waals surface area (Å²) in [7, 11) is 0. The fraction of sp³-hybridized carbons (Fsp3) is 0.286. The van der Waals surface area contributed by atoms with Gasteiger partial charge < -0.3 is 5.73 Å². The monoisotopic (exact) mass is 152 g/mol. The Hall–Kier alpha value is -0.700. The van der Waals surface area contributed by atoms with E-state index in [1.165, 1.54) is 5.56 Å². The van der Waals surface area contributed by atoms with E-state index in [1.54, 1.807) is 11.8 Å². The van der Waals surface area contributed by atoms with Crippen molar-refractivity contribution in [3.05, 3.63) is 17.7 Å². The lowest BCUT2D eigenvalue weighted by molar-refractivity contribution is 1.05. The second-order valence-electron chi connectivity index (χ2n) is 2.30. The molecule has 0 spiro atoms. The first kappa shape index (κ1) is 6.04. The molecule has 0 saturated heterocycles. The number of anilines is 1. The topological polar surface area (TPSA) is 38.9 Å². The summed E-state index contributed by atoms with van der Waals surface area (Å²) in [6.07, 6.45) is 1.15. The normalized spacial score (nSPS) is 15.2. The van der Waals surface area contributed by atoms with Crippen LogP contribution in [0.4, 0.5) is 5.82 Å². The van der Waals surface area contributed by atoms with Crippen molar-refractivity contribution in [2.45, 2.75) is 11.4 Å². The molecule has 0 atom stereocenters. The fourth-order valence-corrected chi connectivity index (χ4v) is 2.10. The molecule has 0 radical (unpaired) electrons. The second-order valence-corrected chi connectivity index (χ2v) is 3.38. The molecular formula is C7H8N2S. The number of pyridine rings is 1. The van der Waals surface area contributed by atoms with Crippen molar-refractivity contribution < 1.29 is 0 Å². The van der Waals surface area contributed by atoms with Crippen molar-refractivity contribution in [3.63, 3.8) is 0 Å². The first-order chi connectivity index (χ1) is 4.86. The molecule has 1 aromatic rings. The molecule has 2 N–H and O–H groups in total. The molecule has 10 heavy (non-hydrogen) atoms. The summed E-state index contributed by atoms with van der Waals surface area (Å²) >= 11 is 1.79. The van der Waals surface area contributed by atoms with Gasteiger partial charge in [0.2, 0.25) is 0 Å². The highest BCUT2D eigenvalue weighted by Gasteiger charge is 2.11. The predicted molar refractivity (Wildman–Crippen MR) is 43.1 cm³/mol. The largest absolute Gasteiger partial charge is 0.384 e. The van der Waals surface area contributed by atoms with Crippen LogP contribution < -0.4 is 5.73 Å². The van der Waals surface area contributed by atoms with E-state index < -0.39 is 0 Å². The van der Waals surface area contributed by atoms with E-state index >= 15 is 0 Å². The van der Waals surface area contributed by atoms with Gasteiger partial charge in [-0.2, -0.15) is 0 Å². The van der Waals surface area contributed by atoms with E-state index in [2.05, 4.69) is 11.1 Å². The average Bonchev–Trinajstić information content (AvgIpc) is 2.33. The van der Waals surface area contributed by atoms with Gasteiger partial charge in [-0.1, -0.05) is 6.07 Å². The number of fused-ring (bicyclic) bond motifs is 1. The quantitative estimate of drug-likeness (QED) is 0.609. The number of rotatable bonds is 0. The lowest BCUT2D eigenvalue weighted by atomic mass is 10.2. The highest BCUT2D eigenvalue weighted by Crippen LogP contribution is 2.29. The maximum absolute atomic E-state index is 5.51. The molecule has 2 nitrogen and oxygen atoms in total. The van der Waals surface area contributed by atoms with Crippen LogP contribution in [0.15, 0.2) is 17.2 Å². The van der Waals surface area contributed by atoms with Gasteiger partial charge in [0, 0.05) is 5.75 Å². The molecule has 1 aromatic heterocycles. The van der Waals surface area contributed by atoms with Crippen LogP contribution in [0.25, 0.3) is 0 Å². The van der Waals surface area contributed by atoms with Crippen molar-refractivity contribution in [2.24, 2.45) is 0 Å². The fourth-order valence-electron chi connectivity index (χ4n) is 1.06. The predicted octanol–water partition coefficient (Wildman–Crippen LogP) is 1.31. The minimum atomic E-state index is 0.633. The molecule has 3 heteroatoms. The Bertz CT molecular complexity index is 260. The third-order valence-corrected chi connectivity index (χ3v) is 2.61. The van der Waals surface area contributed by atoms with Crippen molar-refractivity contribution >= 4 is 17.6 Å². The zero-order chi connectivity index (χ0) is 6.97. The van der Waals surface area contributed by atoms with Crippen LogP contribution in [0.2, 0.25) is 0 Å². The van der Waals surface area contributed by atoms with Crippen LogP contribution in [0.5, 0.6) is 0 Å². The second kappa shape index (κ2) is 2.16. The Morgan fingerprint density at radius 2 is 2.40 bits per heavy atom. The van der Waals surface area contributed by atoms with E-state index in [0.717, 1.165) is 17.2 Å². The van der Waals surface area contributed by atoms with Gasteiger partial charge >= 0.3 is 0 Å². The molecule has 0 amide bonds. The van der Waals surface area contributed by atoms with Crippen LogP contribution in [0.1, 0.15) is 5.56 Å².